The Morgan fingerprint density at radius 2 is 1.68 bits per heavy atom. The molecule has 0 spiro atoms. The molecule has 0 saturated carbocycles. The van der Waals surface area contributed by atoms with Gasteiger partial charge in [0.25, 0.3) is 5.91 Å². The maximum Gasteiger partial charge on any atom is 0.264 e. The molecule has 0 fully saturated rings. The minimum Gasteiger partial charge on any atom is -0.497 e. The van der Waals surface area contributed by atoms with Gasteiger partial charge in [-0.15, -0.1) is 11.3 Å². The van der Waals surface area contributed by atoms with Crippen molar-refractivity contribution in [2.45, 2.75) is 26.3 Å². The smallest absolute Gasteiger partial charge is 0.264 e. The van der Waals surface area contributed by atoms with Gasteiger partial charge in [0, 0.05) is 24.0 Å². The zero-order valence-electron chi connectivity index (χ0n) is 23.3. The van der Waals surface area contributed by atoms with E-state index in [2.05, 4.69) is 31.3 Å². The van der Waals surface area contributed by atoms with Gasteiger partial charge in [0.1, 0.15) is 12.3 Å². The molecule has 0 bridgehead atoms. The molecular weight excluding hydrogens is 532 g/mol. The number of carbonyl (C=O) groups is 2. The molecule has 0 aliphatic heterocycles. The van der Waals surface area contributed by atoms with E-state index >= 15 is 0 Å². The lowest BCUT2D eigenvalue weighted by Gasteiger charge is -2.22. The predicted molar refractivity (Wildman–Crippen MR) is 164 cm³/mol. The zero-order valence-corrected chi connectivity index (χ0v) is 24.1. The van der Waals surface area contributed by atoms with Crippen LogP contribution in [0.4, 0.5) is 5.95 Å². The van der Waals surface area contributed by atoms with Gasteiger partial charge < -0.3 is 9.64 Å². The van der Waals surface area contributed by atoms with Crippen molar-refractivity contribution in [2.75, 3.05) is 19.0 Å². The summed E-state index contributed by atoms with van der Waals surface area (Å²) in [6.45, 7) is 4.49. The van der Waals surface area contributed by atoms with Crippen molar-refractivity contribution in [3.63, 3.8) is 0 Å². The van der Waals surface area contributed by atoms with Crippen LogP contribution in [-0.4, -0.2) is 39.9 Å². The number of rotatable bonds is 10. The van der Waals surface area contributed by atoms with Crippen LogP contribution < -0.4 is 10.1 Å². The summed E-state index contributed by atoms with van der Waals surface area (Å²) in [7, 11) is 1.63. The average molecular weight is 565 g/mol. The van der Waals surface area contributed by atoms with E-state index in [-0.39, 0.29) is 18.4 Å². The molecule has 0 atom stereocenters. The number of hydrogen-bond donors (Lipinski definition) is 1. The Bertz CT molecular complexity index is 1590. The molecule has 41 heavy (non-hydrogen) atoms. The van der Waals surface area contributed by atoms with Crippen molar-refractivity contribution in [2.24, 2.45) is 0 Å². The van der Waals surface area contributed by atoms with E-state index in [0.717, 1.165) is 22.6 Å². The molecule has 0 aliphatic carbocycles. The maximum absolute atomic E-state index is 13.5. The summed E-state index contributed by atoms with van der Waals surface area (Å²) in [5.74, 6) is 1.00. The first-order valence-corrected chi connectivity index (χ1v) is 14.3. The lowest BCUT2D eigenvalue weighted by Crippen LogP contribution is -2.37. The zero-order chi connectivity index (χ0) is 28.8. The summed E-state index contributed by atoms with van der Waals surface area (Å²) < 4.78 is 7.16. The van der Waals surface area contributed by atoms with E-state index in [1.807, 2.05) is 88.9 Å². The molecule has 1 N–H and O–H groups in total. The molecule has 7 nitrogen and oxygen atoms in total. The number of benzene rings is 3. The van der Waals surface area contributed by atoms with Crippen LogP contribution >= 0.6 is 11.3 Å². The van der Waals surface area contributed by atoms with Gasteiger partial charge in [-0.3, -0.25) is 19.5 Å². The molecular formula is C33H32N4O3S. The maximum atomic E-state index is 13.5. The van der Waals surface area contributed by atoms with Gasteiger partial charge in [-0.1, -0.05) is 62.4 Å². The highest BCUT2D eigenvalue weighted by Crippen LogP contribution is 2.27. The minimum atomic E-state index is -0.335. The quantitative estimate of drug-likeness (QED) is 0.198. The highest BCUT2D eigenvalue weighted by atomic mass is 32.1. The normalized spacial score (nSPS) is 10.9. The molecule has 8 heteroatoms. The number of aromatic nitrogens is 2. The fourth-order valence-corrected chi connectivity index (χ4v) is 5.17. The third-order valence-electron chi connectivity index (χ3n) is 6.75. The summed E-state index contributed by atoms with van der Waals surface area (Å²) >= 11 is 1.36. The Labute approximate surface area is 244 Å². The second kappa shape index (κ2) is 12.7. The summed E-state index contributed by atoms with van der Waals surface area (Å²) in [4.78, 5) is 33.7. The number of nitrogens with one attached hydrogen (secondary N) is 1. The number of ether oxygens (including phenoxy) is 1. The summed E-state index contributed by atoms with van der Waals surface area (Å²) in [5.41, 5.74) is 4.62. The largest absolute Gasteiger partial charge is 0.497 e. The molecule has 5 rings (SSSR count). The third kappa shape index (κ3) is 6.73. The summed E-state index contributed by atoms with van der Waals surface area (Å²) in [6, 6.07) is 29.1. The fraction of sp³-hybridized carbons (Fsp3) is 0.182. The van der Waals surface area contributed by atoms with Gasteiger partial charge in [-0.2, -0.15) is 0 Å². The first kappa shape index (κ1) is 27.9. The number of methoxy groups -OCH3 is 1. The van der Waals surface area contributed by atoms with Crippen LogP contribution in [0.15, 0.2) is 103 Å². The van der Waals surface area contributed by atoms with E-state index in [4.69, 9.17) is 9.72 Å². The van der Waals surface area contributed by atoms with Crippen LogP contribution in [0.5, 0.6) is 5.75 Å². The van der Waals surface area contributed by atoms with Crippen molar-refractivity contribution in [3.8, 4) is 22.7 Å². The number of amides is 2. The topological polar surface area (TPSA) is 76.5 Å². The van der Waals surface area contributed by atoms with Crippen molar-refractivity contribution < 1.29 is 14.3 Å². The molecule has 2 amide bonds. The Hall–Kier alpha value is -4.69. The number of nitrogens with zero attached hydrogens (tertiary/aromatic N) is 3. The number of carbonyl (C=O) groups excluding carboxylic acids is 2. The number of hydrogen-bond acceptors (Lipinski definition) is 5. The van der Waals surface area contributed by atoms with E-state index in [1.54, 1.807) is 18.1 Å². The highest BCUT2D eigenvalue weighted by molar-refractivity contribution is 7.12. The summed E-state index contributed by atoms with van der Waals surface area (Å²) in [5, 5.41) is 4.83. The second-order valence-electron chi connectivity index (χ2n) is 9.97. The van der Waals surface area contributed by atoms with Gasteiger partial charge in [0.05, 0.1) is 17.7 Å². The molecule has 2 heterocycles. The lowest BCUT2D eigenvalue weighted by atomic mass is 10.0. The van der Waals surface area contributed by atoms with E-state index < -0.39 is 0 Å². The number of thiophene rings is 1. The van der Waals surface area contributed by atoms with E-state index in [1.165, 1.54) is 16.9 Å². The lowest BCUT2D eigenvalue weighted by molar-refractivity contribution is -0.117. The number of anilines is 1. The Balaban J connectivity index is 1.44. The SMILES string of the molecule is COc1ccc(-c2cn(-c3ccc(C(C)C)cc3)c(NC(=O)CN(Cc3ccccc3)C(=O)c3cccs3)n2)cc1. The molecule has 2 aromatic heterocycles. The molecule has 5 aromatic rings. The minimum absolute atomic E-state index is 0.122. The van der Waals surface area contributed by atoms with E-state index in [9.17, 15) is 9.59 Å². The van der Waals surface area contributed by atoms with Gasteiger partial charge in [-0.25, -0.2) is 4.98 Å². The third-order valence-corrected chi connectivity index (χ3v) is 7.61. The predicted octanol–water partition coefficient (Wildman–Crippen LogP) is 7.01. The second-order valence-corrected chi connectivity index (χ2v) is 10.9. The fourth-order valence-electron chi connectivity index (χ4n) is 4.48. The monoisotopic (exact) mass is 564 g/mol. The van der Waals surface area contributed by atoms with Crippen molar-refractivity contribution in [3.05, 3.63) is 119 Å². The molecule has 0 radical (unpaired) electrons. The van der Waals surface area contributed by atoms with Crippen LogP contribution in [-0.2, 0) is 11.3 Å². The van der Waals surface area contributed by atoms with Gasteiger partial charge in [0.2, 0.25) is 11.9 Å². The van der Waals surface area contributed by atoms with Gasteiger partial charge in [0.15, 0.2) is 0 Å². The van der Waals surface area contributed by atoms with Gasteiger partial charge in [-0.05, 0) is 64.9 Å². The molecule has 0 saturated heterocycles. The van der Waals surface area contributed by atoms with Crippen LogP contribution in [0.2, 0.25) is 0 Å². The van der Waals surface area contributed by atoms with E-state index in [0.29, 0.717) is 29.0 Å². The van der Waals surface area contributed by atoms with Gasteiger partial charge >= 0.3 is 0 Å². The average Bonchev–Trinajstić information content (AvgIpc) is 3.68. The number of imidazole rings is 1. The van der Waals surface area contributed by atoms with Crippen molar-refractivity contribution in [1.82, 2.24) is 14.5 Å². The molecule has 0 unspecified atom stereocenters. The van der Waals surface area contributed by atoms with Crippen molar-refractivity contribution >= 4 is 29.1 Å². The Morgan fingerprint density at radius 1 is 0.951 bits per heavy atom. The standard InChI is InChI=1S/C33H32N4O3S/c1-23(2)25-11-15-27(16-12-25)37-21-29(26-13-17-28(40-3)18-14-26)34-33(37)35-31(38)22-36(20-24-8-5-4-6-9-24)32(39)30-10-7-19-41-30/h4-19,21,23H,20,22H2,1-3H3,(H,34,35,38). The first-order chi connectivity index (χ1) is 19.9. The first-order valence-electron chi connectivity index (χ1n) is 13.4. The molecule has 3 aromatic carbocycles. The Kier molecular flexibility index (Phi) is 8.60. The highest BCUT2D eigenvalue weighted by Gasteiger charge is 2.22. The Morgan fingerprint density at radius 3 is 2.32 bits per heavy atom. The summed E-state index contributed by atoms with van der Waals surface area (Å²) in [6.07, 6.45) is 1.90. The van der Waals surface area contributed by atoms with Crippen LogP contribution in [0, 0.1) is 0 Å². The molecule has 208 valence electrons. The molecule has 0 aliphatic rings. The van der Waals surface area contributed by atoms with Crippen LogP contribution in [0.25, 0.3) is 16.9 Å². The van der Waals surface area contributed by atoms with Crippen LogP contribution in [0.3, 0.4) is 0 Å². The van der Waals surface area contributed by atoms with Crippen LogP contribution in [0.1, 0.15) is 40.6 Å². The van der Waals surface area contributed by atoms with Crippen molar-refractivity contribution in [1.29, 1.82) is 0 Å².